The Labute approximate surface area is 163 Å². The molecule has 0 unspecified atom stereocenters. The van der Waals surface area contributed by atoms with Crippen LogP contribution in [0.3, 0.4) is 0 Å². The van der Waals surface area contributed by atoms with Crippen molar-refractivity contribution in [3.05, 3.63) is 64.6 Å². The average Bonchev–Trinajstić information content (AvgIpc) is 2.88. The number of halogens is 2. The molecule has 0 aromatic heterocycles. The number of carboxylic acids is 1. The SMILES string of the molecule is O=C(O)CCN1C(=O)C(=Cc2cccc(-c3cc(F)ccc3F)c2)SC1=S. The lowest BCUT2D eigenvalue weighted by molar-refractivity contribution is -0.137. The molecule has 138 valence electrons. The fraction of sp³-hybridized carbons (Fsp3) is 0.105. The van der Waals surface area contributed by atoms with Gasteiger partial charge in [-0.25, -0.2) is 8.78 Å². The molecule has 8 heteroatoms. The van der Waals surface area contributed by atoms with Crippen molar-refractivity contribution < 1.29 is 23.5 Å². The quantitative estimate of drug-likeness (QED) is 0.594. The number of aliphatic carboxylic acids is 1. The van der Waals surface area contributed by atoms with E-state index in [0.717, 1.165) is 30.0 Å². The van der Waals surface area contributed by atoms with Gasteiger partial charge in [0.25, 0.3) is 5.91 Å². The molecular formula is C19H13F2NO3S2. The van der Waals surface area contributed by atoms with Crippen LogP contribution in [0.2, 0.25) is 0 Å². The zero-order valence-electron chi connectivity index (χ0n) is 13.8. The van der Waals surface area contributed by atoms with Crippen molar-refractivity contribution >= 4 is 46.3 Å². The topological polar surface area (TPSA) is 57.6 Å². The van der Waals surface area contributed by atoms with Gasteiger partial charge < -0.3 is 5.11 Å². The first-order valence-corrected chi connectivity index (χ1v) is 9.10. The van der Waals surface area contributed by atoms with Crippen molar-refractivity contribution in [2.45, 2.75) is 6.42 Å². The smallest absolute Gasteiger partial charge is 0.305 e. The molecule has 0 radical (unpaired) electrons. The zero-order valence-corrected chi connectivity index (χ0v) is 15.4. The van der Waals surface area contributed by atoms with Crippen LogP contribution >= 0.6 is 24.0 Å². The molecule has 0 atom stereocenters. The Kier molecular flexibility index (Phi) is 5.67. The molecule has 1 saturated heterocycles. The normalized spacial score (nSPS) is 15.6. The predicted molar refractivity (Wildman–Crippen MR) is 104 cm³/mol. The van der Waals surface area contributed by atoms with Gasteiger partial charge in [-0.1, -0.05) is 42.2 Å². The molecule has 2 aromatic carbocycles. The average molecular weight is 405 g/mol. The molecule has 27 heavy (non-hydrogen) atoms. The maximum atomic E-state index is 14.0. The minimum atomic E-state index is -1.02. The van der Waals surface area contributed by atoms with Crippen molar-refractivity contribution in [3.8, 4) is 11.1 Å². The Balaban J connectivity index is 1.88. The second kappa shape index (κ2) is 7.98. The number of hydrogen-bond donors (Lipinski definition) is 1. The highest BCUT2D eigenvalue weighted by molar-refractivity contribution is 8.26. The molecule has 1 amide bonds. The summed E-state index contributed by atoms with van der Waals surface area (Å²) in [5.41, 5.74) is 1.22. The van der Waals surface area contributed by atoms with Crippen molar-refractivity contribution in [1.29, 1.82) is 0 Å². The number of carboxylic acid groups (broad SMARTS) is 1. The molecule has 0 saturated carbocycles. The molecule has 0 bridgehead atoms. The third-order valence-electron chi connectivity index (χ3n) is 3.85. The molecule has 0 aliphatic carbocycles. The van der Waals surface area contributed by atoms with Crippen LogP contribution in [0.25, 0.3) is 17.2 Å². The fourth-order valence-corrected chi connectivity index (χ4v) is 3.87. The molecular weight excluding hydrogens is 392 g/mol. The third kappa shape index (κ3) is 4.40. The number of nitrogens with zero attached hydrogens (tertiary/aromatic N) is 1. The molecule has 4 nitrogen and oxygen atoms in total. The molecule has 3 rings (SSSR count). The fourth-order valence-electron chi connectivity index (χ4n) is 2.57. The van der Waals surface area contributed by atoms with Gasteiger partial charge in [0.2, 0.25) is 0 Å². The van der Waals surface area contributed by atoms with Gasteiger partial charge in [-0.05, 0) is 41.5 Å². The van der Waals surface area contributed by atoms with E-state index >= 15 is 0 Å². The van der Waals surface area contributed by atoms with Crippen LogP contribution in [-0.4, -0.2) is 32.7 Å². The summed E-state index contributed by atoms with van der Waals surface area (Å²) in [6.45, 7) is 0.00584. The molecule has 1 fully saturated rings. The second-order valence-electron chi connectivity index (χ2n) is 5.73. The Morgan fingerprint density at radius 2 is 2.00 bits per heavy atom. The summed E-state index contributed by atoms with van der Waals surface area (Å²) in [5, 5.41) is 8.77. The van der Waals surface area contributed by atoms with E-state index in [9.17, 15) is 18.4 Å². The molecule has 1 aliphatic heterocycles. The Morgan fingerprint density at radius 1 is 1.22 bits per heavy atom. The molecule has 0 spiro atoms. The van der Waals surface area contributed by atoms with E-state index in [-0.39, 0.29) is 24.4 Å². The van der Waals surface area contributed by atoms with E-state index in [1.165, 1.54) is 4.90 Å². The van der Waals surface area contributed by atoms with Crippen LogP contribution in [-0.2, 0) is 9.59 Å². The van der Waals surface area contributed by atoms with Crippen LogP contribution in [0.5, 0.6) is 0 Å². The number of carbonyl (C=O) groups excluding carboxylic acids is 1. The van der Waals surface area contributed by atoms with Crippen LogP contribution < -0.4 is 0 Å². The van der Waals surface area contributed by atoms with E-state index in [1.54, 1.807) is 30.3 Å². The highest BCUT2D eigenvalue weighted by Crippen LogP contribution is 2.33. The first kappa shape index (κ1) is 19.2. The van der Waals surface area contributed by atoms with E-state index < -0.39 is 17.6 Å². The number of rotatable bonds is 5. The summed E-state index contributed by atoms with van der Waals surface area (Å²) in [7, 11) is 0. The lowest BCUT2D eigenvalue weighted by atomic mass is 10.0. The van der Waals surface area contributed by atoms with E-state index in [4.69, 9.17) is 17.3 Å². The number of hydrogen-bond acceptors (Lipinski definition) is 4. The minimum absolute atomic E-state index is 0.00584. The van der Waals surface area contributed by atoms with Crippen LogP contribution in [0, 0.1) is 11.6 Å². The number of thioether (sulfide) groups is 1. The van der Waals surface area contributed by atoms with Gasteiger partial charge in [-0.3, -0.25) is 14.5 Å². The number of benzene rings is 2. The maximum Gasteiger partial charge on any atom is 0.305 e. The van der Waals surface area contributed by atoms with Gasteiger partial charge >= 0.3 is 5.97 Å². The second-order valence-corrected chi connectivity index (χ2v) is 7.40. The first-order valence-electron chi connectivity index (χ1n) is 7.88. The first-order chi connectivity index (χ1) is 12.8. The molecule has 1 aliphatic rings. The zero-order chi connectivity index (χ0) is 19.6. The maximum absolute atomic E-state index is 14.0. The summed E-state index contributed by atoms with van der Waals surface area (Å²) in [5.74, 6) is -2.48. The summed E-state index contributed by atoms with van der Waals surface area (Å²) >= 11 is 6.22. The Morgan fingerprint density at radius 3 is 2.74 bits per heavy atom. The van der Waals surface area contributed by atoms with Crippen molar-refractivity contribution in [3.63, 3.8) is 0 Å². The van der Waals surface area contributed by atoms with E-state index in [1.807, 2.05) is 0 Å². The van der Waals surface area contributed by atoms with E-state index in [0.29, 0.717) is 20.4 Å². The standard InChI is InChI=1S/C19H13F2NO3S2/c20-13-4-5-15(21)14(10-13)12-3-1-2-11(8-12)9-16-18(25)22(19(26)27-16)7-6-17(23)24/h1-5,8-10H,6-7H2,(H,23,24). The van der Waals surface area contributed by atoms with E-state index in [2.05, 4.69) is 0 Å². The Hall–Kier alpha value is -2.58. The largest absolute Gasteiger partial charge is 0.481 e. The summed E-state index contributed by atoms with van der Waals surface area (Å²) in [6.07, 6.45) is 1.40. The van der Waals surface area contributed by atoms with Crippen molar-refractivity contribution in [2.24, 2.45) is 0 Å². The van der Waals surface area contributed by atoms with Crippen LogP contribution in [0.15, 0.2) is 47.4 Å². The van der Waals surface area contributed by atoms with Gasteiger partial charge in [0.05, 0.1) is 11.3 Å². The van der Waals surface area contributed by atoms with Gasteiger partial charge in [0.15, 0.2) is 0 Å². The lowest BCUT2D eigenvalue weighted by Crippen LogP contribution is -2.30. The highest BCUT2D eigenvalue weighted by Gasteiger charge is 2.32. The number of amides is 1. The minimum Gasteiger partial charge on any atom is -0.481 e. The number of carbonyl (C=O) groups is 2. The van der Waals surface area contributed by atoms with Gasteiger partial charge in [-0.15, -0.1) is 0 Å². The van der Waals surface area contributed by atoms with Crippen LogP contribution in [0.1, 0.15) is 12.0 Å². The van der Waals surface area contributed by atoms with Gasteiger partial charge in [0.1, 0.15) is 16.0 Å². The summed E-state index contributed by atoms with van der Waals surface area (Å²) < 4.78 is 27.7. The highest BCUT2D eigenvalue weighted by atomic mass is 32.2. The monoisotopic (exact) mass is 405 g/mol. The number of thiocarbonyl (C=S) groups is 1. The molecule has 2 aromatic rings. The predicted octanol–water partition coefficient (Wildman–Crippen LogP) is 4.31. The van der Waals surface area contributed by atoms with Crippen LogP contribution in [0.4, 0.5) is 8.78 Å². The Bertz CT molecular complexity index is 975. The molecule has 1 heterocycles. The lowest BCUT2D eigenvalue weighted by Gasteiger charge is -2.12. The molecule has 1 N–H and O–H groups in total. The van der Waals surface area contributed by atoms with Crippen molar-refractivity contribution in [2.75, 3.05) is 6.54 Å². The van der Waals surface area contributed by atoms with Gasteiger partial charge in [0, 0.05) is 12.1 Å². The summed E-state index contributed by atoms with van der Waals surface area (Å²) in [6, 6.07) is 9.91. The third-order valence-corrected chi connectivity index (χ3v) is 5.22. The summed E-state index contributed by atoms with van der Waals surface area (Å²) in [4.78, 5) is 24.7. The van der Waals surface area contributed by atoms with Crippen molar-refractivity contribution in [1.82, 2.24) is 4.90 Å². The van der Waals surface area contributed by atoms with Gasteiger partial charge in [-0.2, -0.15) is 0 Å².